The molecule has 0 spiro atoms. The Morgan fingerprint density at radius 1 is 0.640 bits per heavy atom. The van der Waals surface area contributed by atoms with Gasteiger partial charge in [-0.25, -0.2) is 0 Å². The standard InChI is InChI=1S/C38H48N8O2S2/c1-45-16-12-27(13-17-45)29-8-3-6-25(20-29)22-33(47)39-37-43-41-35(49-37)31-10-5-11-32(24-31)36-42-44-38(50-36)40-34(48)23-26-7-4-9-30(21-26)28-14-18-46(2)19-15-28/h3-4,6-9,20-21,27-28,31-32H,5,10-19,22-24H2,1-2H3,(H,39,43,47)(H,40,44,48). The van der Waals surface area contributed by atoms with E-state index >= 15 is 0 Å². The maximum absolute atomic E-state index is 13.0. The van der Waals surface area contributed by atoms with Crippen LogP contribution in [0.15, 0.2) is 48.5 Å². The van der Waals surface area contributed by atoms with Gasteiger partial charge < -0.3 is 20.4 Å². The van der Waals surface area contributed by atoms with E-state index in [0.717, 1.165) is 98.7 Å². The summed E-state index contributed by atoms with van der Waals surface area (Å²) in [4.78, 5) is 30.7. The summed E-state index contributed by atoms with van der Waals surface area (Å²) in [6, 6.07) is 17.0. The van der Waals surface area contributed by atoms with E-state index in [1.54, 1.807) is 0 Å². The Hall–Kier alpha value is -3.58. The maximum Gasteiger partial charge on any atom is 0.230 e. The third-order valence-corrected chi connectivity index (χ3v) is 12.8. The number of nitrogens with zero attached hydrogens (tertiary/aromatic N) is 6. The molecular weight excluding hydrogens is 665 g/mol. The Kier molecular flexibility index (Phi) is 11.3. The predicted octanol–water partition coefficient (Wildman–Crippen LogP) is 6.81. The summed E-state index contributed by atoms with van der Waals surface area (Å²) in [5, 5.41) is 26.6. The van der Waals surface area contributed by atoms with Gasteiger partial charge in [-0.15, -0.1) is 20.4 Å². The molecule has 0 bridgehead atoms. The number of aromatic nitrogens is 4. The Labute approximate surface area is 303 Å². The van der Waals surface area contributed by atoms with Crippen molar-refractivity contribution in [2.24, 2.45) is 0 Å². The van der Waals surface area contributed by atoms with E-state index in [1.807, 2.05) is 12.1 Å². The van der Waals surface area contributed by atoms with Gasteiger partial charge in [-0.05, 0) is 119 Å². The van der Waals surface area contributed by atoms with E-state index in [-0.39, 0.29) is 23.7 Å². The van der Waals surface area contributed by atoms with Crippen molar-refractivity contribution in [2.75, 3.05) is 50.9 Å². The number of likely N-dealkylation sites (tertiary alicyclic amines) is 2. The number of hydrogen-bond donors (Lipinski definition) is 2. The lowest BCUT2D eigenvalue weighted by Gasteiger charge is -2.29. The summed E-state index contributed by atoms with van der Waals surface area (Å²) in [7, 11) is 4.36. The van der Waals surface area contributed by atoms with Crippen LogP contribution in [0, 0.1) is 0 Å². The molecule has 2 aromatic heterocycles. The zero-order valence-electron chi connectivity index (χ0n) is 29.1. The van der Waals surface area contributed by atoms with E-state index in [9.17, 15) is 9.59 Å². The first kappa shape index (κ1) is 34.9. The van der Waals surface area contributed by atoms with E-state index in [1.165, 1.54) is 33.8 Å². The van der Waals surface area contributed by atoms with Crippen LogP contribution in [0.25, 0.3) is 0 Å². The van der Waals surface area contributed by atoms with Crippen molar-refractivity contribution in [3.8, 4) is 0 Å². The van der Waals surface area contributed by atoms with Gasteiger partial charge in [-0.2, -0.15) is 0 Å². The minimum atomic E-state index is -0.0665. The number of rotatable bonds is 10. The lowest BCUT2D eigenvalue weighted by atomic mass is 9.82. The fourth-order valence-corrected chi connectivity index (χ4v) is 9.65. The first-order chi connectivity index (χ1) is 24.3. The van der Waals surface area contributed by atoms with Gasteiger partial charge in [0.15, 0.2) is 0 Å². The minimum absolute atomic E-state index is 0.0665. The average Bonchev–Trinajstić information content (AvgIpc) is 3.79. The molecule has 2 saturated heterocycles. The van der Waals surface area contributed by atoms with E-state index in [2.05, 4.69) is 91.3 Å². The van der Waals surface area contributed by atoms with Crippen molar-refractivity contribution >= 4 is 44.8 Å². The smallest absolute Gasteiger partial charge is 0.230 e. The topological polar surface area (TPSA) is 116 Å². The monoisotopic (exact) mass is 712 g/mol. The van der Waals surface area contributed by atoms with Crippen LogP contribution in [0.2, 0.25) is 0 Å². The molecule has 1 saturated carbocycles. The molecule has 4 heterocycles. The van der Waals surface area contributed by atoms with Crippen LogP contribution in [0.4, 0.5) is 10.3 Å². The Morgan fingerprint density at radius 3 is 1.52 bits per heavy atom. The number of carbonyl (C=O) groups is 2. The van der Waals surface area contributed by atoms with Crippen LogP contribution in [0.3, 0.4) is 0 Å². The molecule has 3 fully saturated rings. The SMILES string of the molecule is CN1CCC(c2cccc(CC(=O)Nc3nnc(C4CCCC(c5nnc(NC(=O)Cc6cccc(C7CCN(C)CC7)c6)s5)C4)s3)c2)CC1. The first-order valence-corrected chi connectivity index (χ1v) is 19.8. The molecule has 12 heteroatoms. The number of benzene rings is 2. The molecule has 2 unspecified atom stereocenters. The van der Waals surface area contributed by atoms with Gasteiger partial charge in [-0.1, -0.05) is 77.6 Å². The number of hydrogen-bond acceptors (Lipinski definition) is 10. The number of carbonyl (C=O) groups excluding carboxylic acids is 2. The summed E-state index contributed by atoms with van der Waals surface area (Å²) in [6.45, 7) is 4.47. The van der Waals surface area contributed by atoms with Crippen molar-refractivity contribution in [2.45, 2.75) is 87.9 Å². The fraction of sp³-hybridized carbons (Fsp3) is 0.526. The molecule has 2 amide bonds. The molecule has 2 aliphatic heterocycles. The summed E-state index contributed by atoms with van der Waals surface area (Å²) in [6.07, 6.45) is 9.30. The van der Waals surface area contributed by atoms with Gasteiger partial charge in [0.25, 0.3) is 0 Å². The molecule has 10 nitrogen and oxygen atoms in total. The van der Waals surface area contributed by atoms with Gasteiger partial charge in [0, 0.05) is 11.8 Å². The highest BCUT2D eigenvalue weighted by Gasteiger charge is 2.30. The van der Waals surface area contributed by atoms with E-state index < -0.39 is 0 Å². The van der Waals surface area contributed by atoms with Crippen LogP contribution in [0.1, 0.15) is 107 Å². The second-order valence-electron chi connectivity index (χ2n) is 14.5. The molecule has 3 aliphatic rings. The summed E-state index contributed by atoms with van der Waals surface area (Å²) in [5.74, 6) is 1.49. The Morgan fingerprint density at radius 2 is 1.08 bits per heavy atom. The molecule has 1 aliphatic carbocycles. The fourth-order valence-electron chi connectivity index (χ4n) is 7.83. The summed E-state index contributed by atoms with van der Waals surface area (Å²) < 4.78 is 0. The van der Waals surface area contributed by atoms with Crippen molar-refractivity contribution in [1.82, 2.24) is 30.2 Å². The van der Waals surface area contributed by atoms with E-state index in [0.29, 0.717) is 34.9 Å². The van der Waals surface area contributed by atoms with Crippen LogP contribution < -0.4 is 10.6 Å². The van der Waals surface area contributed by atoms with Gasteiger partial charge in [0.1, 0.15) is 10.0 Å². The van der Waals surface area contributed by atoms with Crippen LogP contribution in [0.5, 0.6) is 0 Å². The molecule has 264 valence electrons. The van der Waals surface area contributed by atoms with Crippen molar-refractivity contribution in [1.29, 1.82) is 0 Å². The van der Waals surface area contributed by atoms with Gasteiger partial charge in [-0.3, -0.25) is 9.59 Å². The van der Waals surface area contributed by atoms with Gasteiger partial charge >= 0.3 is 0 Å². The highest BCUT2D eigenvalue weighted by molar-refractivity contribution is 7.15. The molecule has 2 N–H and O–H groups in total. The maximum atomic E-state index is 13.0. The Balaban J connectivity index is 0.895. The molecule has 7 rings (SSSR count). The van der Waals surface area contributed by atoms with Gasteiger partial charge in [0.2, 0.25) is 22.1 Å². The lowest BCUT2D eigenvalue weighted by molar-refractivity contribution is -0.116. The molecule has 2 atom stereocenters. The quantitative estimate of drug-likeness (QED) is 0.184. The lowest BCUT2D eigenvalue weighted by Crippen LogP contribution is -2.29. The van der Waals surface area contributed by atoms with Crippen LogP contribution in [-0.4, -0.2) is 82.3 Å². The van der Waals surface area contributed by atoms with Crippen molar-refractivity contribution in [3.63, 3.8) is 0 Å². The van der Waals surface area contributed by atoms with E-state index in [4.69, 9.17) is 0 Å². The van der Waals surface area contributed by atoms with Crippen molar-refractivity contribution in [3.05, 3.63) is 80.8 Å². The zero-order chi connectivity index (χ0) is 34.5. The summed E-state index contributed by atoms with van der Waals surface area (Å²) >= 11 is 2.95. The minimum Gasteiger partial charge on any atom is -0.306 e. The van der Waals surface area contributed by atoms with Crippen LogP contribution >= 0.6 is 22.7 Å². The highest BCUT2D eigenvalue weighted by Crippen LogP contribution is 2.43. The summed E-state index contributed by atoms with van der Waals surface area (Å²) in [5.41, 5.74) is 4.73. The number of nitrogens with one attached hydrogen (secondary N) is 2. The molecule has 4 aromatic rings. The van der Waals surface area contributed by atoms with Crippen LogP contribution in [-0.2, 0) is 22.4 Å². The molecule has 0 radical (unpaired) electrons. The predicted molar refractivity (Wildman–Crippen MR) is 200 cm³/mol. The number of piperidine rings is 2. The van der Waals surface area contributed by atoms with Crippen molar-refractivity contribution < 1.29 is 9.59 Å². The largest absolute Gasteiger partial charge is 0.306 e. The third kappa shape index (κ3) is 9.01. The molecule has 2 aromatic carbocycles. The molecule has 50 heavy (non-hydrogen) atoms. The Bertz CT molecular complexity index is 1630. The highest BCUT2D eigenvalue weighted by atomic mass is 32.1. The number of amides is 2. The normalized spacial score (nSPS) is 21.2. The first-order valence-electron chi connectivity index (χ1n) is 18.2. The zero-order valence-corrected chi connectivity index (χ0v) is 30.8. The second kappa shape index (κ2) is 16.2. The molecular formula is C38H48N8O2S2. The average molecular weight is 713 g/mol. The number of anilines is 2. The third-order valence-electron chi connectivity index (χ3n) is 10.8. The van der Waals surface area contributed by atoms with Gasteiger partial charge in [0.05, 0.1) is 12.8 Å². The second-order valence-corrected chi connectivity index (χ2v) is 16.6.